The first kappa shape index (κ1) is 41.7. The second-order valence-electron chi connectivity index (χ2n) is 13.3. The highest BCUT2D eigenvalue weighted by atomic mass is 16.4. The molecule has 0 radical (unpaired) electrons. The number of carbonyl (C=O) groups excluding carboxylic acids is 4. The molecule has 2 aromatic rings. The number of unbranched alkanes of at least 4 members (excludes halogenated alkanes) is 1. The zero-order chi connectivity index (χ0) is 38.8. The average Bonchev–Trinajstić information content (AvgIpc) is 3.13. The van der Waals surface area contributed by atoms with E-state index in [1.807, 2.05) is 42.5 Å². The topological polar surface area (TPSA) is 277 Å². The molecular weight excluding hydrogens is 690 g/mol. The van der Waals surface area contributed by atoms with Crippen LogP contribution in [-0.4, -0.2) is 88.6 Å². The van der Waals surface area contributed by atoms with Gasteiger partial charge >= 0.3 is 23.9 Å². The van der Waals surface area contributed by atoms with E-state index in [-0.39, 0.29) is 68.2 Å². The van der Waals surface area contributed by atoms with E-state index in [4.69, 9.17) is 10.6 Å². The van der Waals surface area contributed by atoms with Crippen LogP contribution in [0.2, 0.25) is 0 Å². The number of Topliss-reactive ketones (excluding diaryl/α,β-unsaturated/α-hetero) is 1. The fraction of sp³-hybridized carbons (Fsp3) is 0.528. The molecule has 1 aliphatic rings. The number of benzene rings is 2. The van der Waals surface area contributed by atoms with Crippen LogP contribution in [-0.2, 0) is 35.2 Å². The number of rotatable bonds is 22. The molecule has 2 aromatic carbocycles. The van der Waals surface area contributed by atoms with Gasteiger partial charge in [-0.2, -0.15) is 0 Å². The number of azide groups is 1. The average molecular weight is 738 g/mol. The summed E-state index contributed by atoms with van der Waals surface area (Å²) < 4.78 is 0. The first-order valence-electron chi connectivity index (χ1n) is 17.7. The highest BCUT2D eigenvalue weighted by Gasteiger charge is 2.31. The van der Waals surface area contributed by atoms with Crippen molar-refractivity contribution in [2.75, 3.05) is 19.6 Å². The molecule has 1 aliphatic carbocycles. The highest BCUT2D eigenvalue weighted by Crippen LogP contribution is 2.31. The Hall–Kier alpha value is -5.70. The number of hydrogen-bond acceptors (Lipinski definition) is 8. The van der Waals surface area contributed by atoms with Crippen molar-refractivity contribution in [2.45, 2.75) is 82.7 Å². The minimum absolute atomic E-state index is 0.00136. The number of carboxylic acids is 3. The summed E-state index contributed by atoms with van der Waals surface area (Å²) in [6, 6.07) is 9.80. The molecule has 286 valence electrons. The molecule has 4 amide bonds. The SMILES string of the molecule is [N-]=[N+]=NCC(=O)NCC1CCC(C(=O)C[C@@H](Cc2ccc3ccccc3c2)C(=O)NCCCC[C@H](NC(=O)N[C@@H](CCC(=O)O)C(=O)O)C(=O)O)CC1. The molecule has 0 bridgehead atoms. The van der Waals surface area contributed by atoms with Crippen LogP contribution < -0.4 is 21.3 Å². The number of nitrogens with one attached hydrogen (secondary N) is 4. The third kappa shape index (κ3) is 14.8. The number of nitrogens with zero attached hydrogens (tertiary/aromatic N) is 3. The number of carboxylic acid groups (broad SMARTS) is 3. The summed E-state index contributed by atoms with van der Waals surface area (Å²) in [7, 11) is 0. The van der Waals surface area contributed by atoms with Crippen molar-refractivity contribution >= 4 is 52.3 Å². The van der Waals surface area contributed by atoms with E-state index >= 15 is 0 Å². The van der Waals surface area contributed by atoms with Gasteiger partial charge in [-0.05, 0) is 85.6 Å². The molecular formula is C36H47N7O10. The summed E-state index contributed by atoms with van der Waals surface area (Å²) in [5.41, 5.74) is 9.28. The van der Waals surface area contributed by atoms with Crippen LogP contribution in [0.25, 0.3) is 21.2 Å². The summed E-state index contributed by atoms with van der Waals surface area (Å²) in [6.45, 7) is 0.357. The molecule has 7 N–H and O–H groups in total. The third-order valence-corrected chi connectivity index (χ3v) is 9.35. The highest BCUT2D eigenvalue weighted by molar-refractivity contribution is 5.89. The van der Waals surface area contributed by atoms with Crippen molar-refractivity contribution < 1.29 is 48.9 Å². The van der Waals surface area contributed by atoms with E-state index < -0.39 is 48.4 Å². The number of ketones is 1. The van der Waals surface area contributed by atoms with Crippen molar-refractivity contribution in [1.29, 1.82) is 0 Å². The van der Waals surface area contributed by atoms with Crippen LogP contribution >= 0.6 is 0 Å². The van der Waals surface area contributed by atoms with Gasteiger partial charge in [0.15, 0.2) is 0 Å². The molecule has 0 heterocycles. The van der Waals surface area contributed by atoms with Gasteiger partial charge in [0.2, 0.25) is 11.8 Å². The summed E-state index contributed by atoms with van der Waals surface area (Å²) in [4.78, 5) is 87.6. The molecule has 17 heteroatoms. The van der Waals surface area contributed by atoms with Gasteiger partial charge in [-0.25, -0.2) is 14.4 Å². The number of fused-ring (bicyclic) bond motifs is 1. The Balaban J connectivity index is 1.54. The predicted octanol–water partition coefficient (Wildman–Crippen LogP) is 3.55. The van der Waals surface area contributed by atoms with Gasteiger partial charge in [-0.3, -0.25) is 19.2 Å². The van der Waals surface area contributed by atoms with E-state index in [9.17, 15) is 43.8 Å². The van der Waals surface area contributed by atoms with Crippen molar-refractivity contribution in [1.82, 2.24) is 21.3 Å². The van der Waals surface area contributed by atoms with Crippen LogP contribution in [0.15, 0.2) is 47.6 Å². The van der Waals surface area contributed by atoms with Crippen molar-refractivity contribution in [3.05, 3.63) is 58.5 Å². The number of aliphatic carboxylic acids is 3. The lowest BCUT2D eigenvalue weighted by atomic mass is 9.77. The quantitative estimate of drug-likeness (QED) is 0.0399. The largest absolute Gasteiger partial charge is 0.481 e. The number of hydrogen-bond donors (Lipinski definition) is 7. The maximum atomic E-state index is 13.5. The Bertz CT molecular complexity index is 1670. The maximum Gasteiger partial charge on any atom is 0.326 e. The molecule has 1 saturated carbocycles. The lowest BCUT2D eigenvalue weighted by molar-refractivity contribution is -0.141. The Kier molecular flexibility index (Phi) is 17.0. The molecule has 17 nitrogen and oxygen atoms in total. The summed E-state index contributed by atoms with van der Waals surface area (Å²) in [5.74, 6) is -5.38. The minimum Gasteiger partial charge on any atom is -0.481 e. The normalized spacial score (nSPS) is 16.9. The Morgan fingerprint density at radius 3 is 2.13 bits per heavy atom. The van der Waals surface area contributed by atoms with Gasteiger partial charge < -0.3 is 36.6 Å². The zero-order valence-corrected chi connectivity index (χ0v) is 29.4. The molecule has 0 spiro atoms. The molecule has 1 fully saturated rings. The Morgan fingerprint density at radius 1 is 0.830 bits per heavy atom. The van der Waals surface area contributed by atoms with Crippen molar-refractivity contribution in [3.63, 3.8) is 0 Å². The van der Waals surface area contributed by atoms with Gasteiger partial charge in [-0.15, -0.1) is 0 Å². The second-order valence-corrected chi connectivity index (χ2v) is 13.3. The molecule has 0 aliphatic heterocycles. The predicted molar refractivity (Wildman–Crippen MR) is 191 cm³/mol. The number of carbonyl (C=O) groups is 7. The van der Waals surface area contributed by atoms with Crippen LogP contribution in [0.5, 0.6) is 0 Å². The fourth-order valence-electron chi connectivity index (χ4n) is 6.39. The molecule has 3 atom stereocenters. The van der Waals surface area contributed by atoms with Crippen molar-refractivity contribution in [3.8, 4) is 0 Å². The van der Waals surface area contributed by atoms with Gasteiger partial charge in [0.1, 0.15) is 24.4 Å². The molecule has 0 saturated heterocycles. The van der Waals surface area contributed by atoms with E-state index in [0.29, 0.717) is 32.2 Å². The fourth-order valence-corrected chi connectivity index (χ4v) is 6.39. The molecule has 53 heavy (non-hydrogen) atoms. The zero-order valence-electron chi connectivity index (χ0n) is 29.4. The number of amides is 4. The lowest BCUT2D eigenvalue weighted by Crippen LogP contribution is -2.51. The second kappa shape index (κ2) is 21.6. The summed E-state index contributed by atoms with van der Waals surface area (Å²) >= 11 is 0. The number of urea groups is 1. The van der Waals surface area contributed by atoms with Crippen LogP contribution in [0.4, 0.5) is 4.79 Å². The molecule has 0 aromatic heterocycles. The lowest BCUT2D eigenvalue weighted by Gasteiger charge is -2.28. The Labute approximate surface area is 305 Å². The maximum absolute atomic E-state index is 13.5. The van der Waals surface area contributed by atoms with Crippen LogP contribution in [0.1, 0.15) is 69.8 Å². The summed E-state index contributed by atoms with van der Waals surface area (Å²) in [6.07, 6.45) is 2.84. The molecule has 0 unspecified atom stereocenters. The van der Waals surface area contributed by atoms with Crippen LogP contribution in [0, 0.1) is 17.8 Å². The van der Waals surface area contributed by atoms with Gasteiger partial charge in [0.25, 0.3) is 0 Å². The van der Waals surface area contributed by atoms with E-state index in [2.05, 4.69) is 31.3 Å². The monoisotopic (exact) mass is 737 g/mol. The van der Waals surface area contributed by atoms with E-state index in [1.165, 1.54) is 0 Å². The first-order valence-corrected chi connectivity index (χ1v) is 17.7. The Morgan fingerprint density at radius 2 is 1.49 bits per heavy atom. The van der Waals surface area contributed by atoms with Gasteiger partial charge in [0.05, 0.1) is 0 Å². The van der Waals surface area contributed by atoms with Crippen molar-refractivity contribution in [2.24, 2.45) is 22.9 Å². The van der Waals surface area contributed by atoms with E-state index in [1.54, 1.807) is 0 Å². The molecule has 3 rings (SSSR count). The smallest absolute Gasteiger partial charge is 0.326 e. The van der Waals surface area contributed by atoms with Crippen LogP contribution in [0.3, 0.4) is 0 Å². The summed E-state index contributed by atoms with van der Waals surface area (Å²) in [5, 5.41) is 42.8. The first-order chi connectivity index (χ1) is 25.4. The third-order valence-electron chi connectivity index (χ3n) is 9.35. The van der Waals surface area contributed by atoms with Gasteiger partial charge in [0, 0.05) is 42.7 Å². The standard InChI is InChI=1S/C36H47N7O10/c37-43-40-21-31(45)39-20-22-8-12-25(13-9-22)30(44)19-27(18-23-10-11-24-5-1-2-6-26(24)17-23)33(48)38-16-4-3-7-28(34(49)50)41-36(53)42-29(35(51)52)14-15-32(46)47/h1-2,5-6,10-11,17,22,25,27-29H,3-4,7-9,12-16,18-21H2,(H,38,48)(H,39,45)(H,46,47)(H,49,50)(H,51,52)(H2,41,42,53)/t22?,25?,27-,28+,29+/m1/s1. The van der Waals surface area contributed by atoms with E-state index in [0.717, 1.165) is 29.2 Å². The minimum atomic E-state index is -1.52. The van der Waals surface area contributed by atoms with Gasteiger partial charge in [-0.1, -0.05) is 47.6 Å².